The number of nitrogens with one attached hydrogen (secondary N) is 1. The van der Waals surface area contributed by atoms with Gasteiger partial charge in [-0.25, -0.2) is 0 Å². The third kappa shape index (κ3) is 3.26. The van der Waals surface area contributed by atoms with Gasteiger partial charge in [0.25, 0.3) is 0 Å². The van der Waals surface area contributed by atoms with Gasteiger partial charge in [0.2, 0.25) is 0 Å². The van der Waals surface area contributed by atoms with E-state index in [1.807, 2.05) is 0 Å². The summed E-state index contributed by atoms with van der Waals surface area (Å²) in [6, 6.07) is 15.1. The molecule has 1 N–H and O–H groups in total. The van der Waals surface area contributed by atoms with Crippen molar-refractivity contribution in [2.45, 2.75) is 19.9 Å². The fourth-order valence-electron chi connectivity index (χ4n) is 1.83. The van der Waals surface area contributed by atoms with Gasteiger partial charge in [-0.3, -0.25) is 0 Å². The summed E-state index contributed by atoms with van der Waals surface area (Å²) in [6.07, 6.45) is 0. The first kappa shape index (κ1) is 13.9. The summed E-state index contributed by atoms with van der Waals surface area (Å²) in [5.74, 6) is 0. The lowest BCUT2D eigenvalue weighted by Gasteiger charge is -2.18. The summed E-state index contributed by atoms with van der Waals surface area (Å²) < 4.78 is 2.41. The lowest BCUT2D eigenvalue weighted by molar-refractivity contribution is 0.882. The Morgan fingerprint density at radius 1 is 1.11 bits per heavy atom. The van der Waals surface area contributed by atoms with Gasteiger partial charge in [0.05, 0.1) is 0 Å². The molecule has 2 rings (SSSR count). The summed E-state index contributed by atoms with van der Waals surface area (Å²) in [5.41, 5.74) is 3.80. The van der Waals surface area contributed by atoms with Gasteiger partial charge in [0, 0.05) is 19.8 Å². The Bertz CT molecular complexity index is 537. The molecule has 0 spiro atoms. The number of halogens is 2. The largest absolute Gasteiger partial charge is 0.378 e. The van der Waals surface area contributed by atoms with Gasteiger partial charge in [-0.15, -0.1) is 0 Å². The normalized spacial score (nSPS) is 12.2. The molecule has 0 bridgehead atoms. The maximum Gasteiger partial charge on any atom is 0.0485 e. The molecule has 94 valence electrons. The van der Waals surface area contributed by atoms with Crippen LogP contribution in [0.3, 0.4) is 0 Å². The molecule has 0 heterocycles. The van der Waals surface area contributed by atoms with Crippen LogP contribution in [0, 0.1) is 10.5 Å². The highest BCUT2D eigenvalue weighted by atomic mass is 127. The second-order valence-corrected chi connectivity index (χ2v) is 6.41. The highest BCUT2D eigenvalue weighted by Crippen LogP contribution is 2.25. The molecule has 1 nitrogen and oxygen atoms in total. The molecular weight excluding hydrogens is 401 g/mol. The Balaban J connectivity index is 2.18. The highest BCUT2D eigenvalue weighted by molar-refractivity contribution is 14.1. The zero-order valence-corrected chi connectivity index (χ0v) is 14.1. The van der Waals surface area contributed by atoms with Gasteiger partial charge in [-0.1, -0.05) is 34.1 Å². The van der Waals surface area contributed by atoms with Crippen molar-refractivity contribution in [2.75, 3.05) is 5.32 Å². The van der Waals surface area contributed by atoms with Crippen LogP contribution >= 0.6 is 38.5 Å². The van der Waals surface area contributed by atoms with Crippen LogP contribution < -0.4 is 5.32 Å². The standard InChI is InChI=1S/C15H15BrIN/c1-10-14(17)4-3-5-15(10)18-11(2)12-6-8-13(16)9-7-12/h3-9,11,18H,1-2H3. The minimum absolute atomic E-state index is 0.301. The second kappa shape index (κ2) is 6.06. The molecule has 0 fully saturated rings. The van der Waals surface area contributed by atoms with Crippen LogP contribution in [-0.4, -0.2) is 0 Å². The second-order valence-electron chi connectivity index (χ2n) is 4.33. The van der Waals surface area contributed by atoms with E-state index in [4.69, 9.17) is 0 Å². The van der Waals surface area contributed by atoms with Crippen molar-refractivity contribution >= 4 is 44.2 Å². The van der Waals surface area contributed by atoms with Gasteiger partial charge < -0.3 is 5.32 Å². The van der Waals surface area contributed by atoms with Crippen LogP contribution in [0.4, 0.5) is 5.69 Å². The molecule has 0 saturated heterocycles. The average Bonchev–Trinajstić information content (AvgIpc) is 2.36. The van der Waals surface area contributed by atoms with E-state index in [1.54, 1.807) is 0 Å². The minimum Gasteiger partial charge on any atom is -0.378 e. The highest BCUT2D eigenvalue weighted by Gasteiger charge is 2.07. The molecule has 18 heavy (non-hydrogen) atoms. The van der Waals surface area contributed by atoms with E-state index in [0.717, 1.165) is 4.47 Å². The van der Waals surface area contributed by atoms with Gasteiger partial charge in [-0.2, -0.15) is 0 Å². The van der Waals surface area contributed by atoms with E-state index in [9.17, 15) is 0 Å². The van der Waals surface area contributed by atoms with Crippen LogP contribution in [0.1, 0.15) is 24.1 Å². The van der Waals surface area contributed by atoms with Crippen molar-refractivity contribution in [1.29, 1.82) is 0 Å². The van der Waals surface area contributed by atoms with Gasteiger partial charge in [0.1, 0.15) is 0 Å². The number of hydrogen-bond donors (Lipinski definition) is 1. The van der Waals surface area contributed by atoms with Gasteiger partial charge in [-0.05, 0) is 71.8 Å². The topological polar surface area (TPSA) is 12.0 Å². The summed E-state index contributed by atoms with van der Waals surface area (Å²) in [4.78, 5) is 0. The molecule has 0 aliphatic rings. The van der Waals surface area contributed by atoms with E-state index < -0.39 is 0 Å². The number of anilines is 1. The van der Waals surface area contributed by atoms with Crippen LogP contribution in [0.25, 0.3) is 0 Å². The molecule has 0 aliphatic heterocycles. The molecular formula is C15H15BrIN. The quantitative estimate of drug-likeness (QED) is 0.649. The smallest absolute Gasteiger partial charge is 0.0485 e. The minimum atomic E-state index is 0.301. The number of rotatable bonds is 3. The lowest BCUT2D eigenvalue weighted by Crippen LogP contribution is -2.07. The fraction of sp³-hybridized carbons (Fsp3) is 0.200. The molecule has 0 radical (unpaired) electrons. The first-order chi connectivity index (χ1) is 8.58. The molecule has 1 atom stereocenters. The van der Waals surface area contributed by atoms with Crippen molar-refractivity contribution in [2.24, 2.45) is 0 Å². The number of hydrogen-bond acceptors (Lipinski definition) is 1. The van der Waals surface area contributed by atoms with Crippen LogP contribution in [0.2, 0.25) is 0 Å². The molecule has 2 aromatic rings. The molecule has 2 aromatic carbocycles. The van der Waals surface area contributed by atoms with Crippen molar-refractivity contribution < 1.29 is 0 Å². The fourth-order valence-corrected chi connectivity index (χ4v) is 2.59. The molecule has 0 saturated carbocycles. The van der Waals surface area contributed by atoms with E-state index in [0.29, 0.717) is 6.04 Å². The first-order valence-electron chi connectivity index (χ1n) is 5.85. The van der Waals surface area contributed by atoms with Crippen molar-refractivity contribution in [3.05, 3.63) is 61.6 Å². The first-order valence-corrected chi connectivity index (χ1v) is 7.72. The molecule has 0 aromatic heterocycles. The van der Waals surface area contributed by atoms with Crippen LogP contribution in [0.15, 0.2) is 46.9 Å². The lowest BCUT2D eigenvalue weighted by atomic mass is 10.1. The number of benzene rings is 2. The summed E-state index contributed by atoms with van der Waals surface area (Å²) in [6.45, 7) is 4.33. The Morgan fingerprint density at radius 3 is 2.44 bits per heavy atom. The van der Waals surface area contributed by atoms with Crippen molar-refractivity contribution in [3.63, 3.8) is 0 Å². The monoisotopic (exact) mass is 415 g/mol. The zero-order chi connectivity index (χ0) is 13.1. The maximum absolute atomic E-state index is 3.57. The third-order valence-electron chi connectivity index (χ3n) is 3.01. The van der Waals surface area contributed by atoms with Crippen LogP contribution in [-0.2, 0) is 0 Å². The van der Waals surface area contributed by atoms with E-state index in [1.165, 1.54) is 20.4 Å². The maximum atomic E-state index is 3.57. The predicted molar refractivity (Wildman–Crippen MR) is 90.1 cm³/mol. The van der Waals surface area contributed by atoms with Crippen molar-refractivity contribution in [3.8, 4) is 0 Å². The van der Waals surface area contributed by atoms with E-state index in [-0.39, 0.29) is 0 Å². The van der Waals surface area contributed by atoms with Crippen LogP contribution in [0.5, 0.6) is 0 Å². The Hall–Kier alpha value is -0.550. The van der Waals surface area contributed by atoms with Crippen molar-refractivity contribution in [1.82, 2.24) is 0 Å². The van der Waals surface area contributed by atoms with Gasteiger partial charge in [0.15, 0.2) is 0 Å². The SMILES string of the molecule is Cc1c(I)cccc1NC(C)c1ccc(Br)cc1. The zero-order valence-electron chi connectivity index (χ0n) is 10.4. The average molecular weight is 416 g/mol. The molecule has 0 amide bonds. The third-order valence-corrected chi connectivity index (χ3v) is 4.71. The van der Waals surface area contributed by atoms with E-state index in [2.05, 4.69) is 100 Å². The Morgan fingerprint density at radius 2 is 1.78 bits per heavy atom. The predicted octanol–water partition coefficient (Wildman–Crippen LogP) is 5.54. The summed E-state index contributed by atoms with van der Waals surface area (Å²) in [7, 11) is 0. The summed E-state index contributed by atoms with van der Waals surface area (Å²) >= 11 is 5.83. The Labute approximate surface area is 130 Å². The molecule has 1 unspecified atom stereocenters. The molecule has 0 aliphatic carbocycles. The summed E-state index contributed by atoms with van der Waals surface area (Å²) in [5, 5.41) is 3.57. The van der Waals surface area contributed by atoms with Gasteiger partial charge >= 0.3 is 0 Å². The van der Waals surface area contributed by atoms with E-state index >= 15 is 0 Å². The molecule has 3 heteroatoms. The Kier molecular flexibility index (Phi) is 4.67.